The molecule has 0 amide bonds. The third kappa shape index (κ3) is 3.90. The monoisotopic (exact) mass is 362 g/mol. The smallest absolute Gasteiger partial charge is 0.218 e. The molecule has 10 nitrogen and oxygen atoms in total. The number of hydrogen-bond acceptors (Lipinski definition) is 10. The Labute approximate surface area is 129 Å². The normalized spacial score (nSPS) is 46.3. The van der Waals surface area contributed by atoms with E-state index >= 15 is 0 Å². The van der Waals surface area contributed by atoms with Gasteiger partial charge in [0.2, 0.25) is 10.4 Å². The molecule has 2 heterocycles. The quantitative estimate of drug-likeness (QED) is 0.182. The van der Waals surface area contributed by atoms with E-state index in [4.69, 9.17) is 4.74 Å². The largest absolute Gasteiger partial charge is 0.726 e. The summed E-state index contributed by atoms with van der Waals surface area (Å²) in [4.78, 5) is 0. The molecular formula is C10H18O10S2. The maximum atomic E-state index is 10.7. The first-order valence-corrected chi connectivity index (χ1v) is 9.39. The maximum absolute atomic E-state index is 10.7. The summed E-state index contributed by atoms with van der Waals surface area (Å²) in [6.45, 7) is -0.398. The second-order valence-electron chi connectivity index (χ2n) is 5.17. The topological polar surface area (TPSA) is 177 Å². The molecular weight excluding hydrogens is 344 g/mol. The van der Waals surface area contributed by atoms with E-state index in [1.807, 2.05) is 0 Å². The Morgan fingerprint density at radius 3 is 2.41 bits per heavy atom. The third-order valence-electron chi connectivity index (χ3n) is 3.68. The second kappa shape index (κ2) is 6.84. The van der Waals surface area contributed by atoms with Gasteiger partial charge in [-0.15, -0.1) is 0 Å². The van der Waals surface area contributed by atoms with Gasteiger partial charge in [0.05, 0.1) is 6.61 Å². The number of ether oxygens (including phenoxy) is 1. The lowest BCUT2D eigenvalue weighted by Crippen LogP contribution is -2.42. The van der Waals surface area contributed by atoms with Crippen molar-refractivity contribution in [2.45, 2.75) is 42.1 Å². The number of rotatable bonds is 5. The van der Waals surface area contributed by atoms with Crippen LogP contribution in [0.2, 0.25) is 0 Å². The number of hydrogen-bond donors (Lipinski definition) is 5. The van der Waals surface area contributed by atoms with Gasteiger partial charge in [-0.05, 0) is 0 Å². The van der Waals surface area contributed by atoms with Crippen molar-refractivity contribution in [2.75, 3.05) is 18.1 Å². The fourth-order valence-corrected chi connectivity index (χ4v) is 5.86. The number of aliphatic hydroxyl groups excluding tert-OH is 5. The van der Waals surface area contributed by atoms with Crippen molar-refractivity contribution < 1.29 is 47.4 Å². The molecule has 2 saturated heterocycles. The van der Waals surface area contributed by atoms with E-state index in [1.54, 1.807) is 0 Å². The molecule has 8 atom stereocenters. The molecule has 2 unspecified atom stereocenters. The molecule has 0 aliphatic carbocycles. The van der Waals surface area contributed by atoms with Crippen molar-refractivity contribution in [3.63, 3.8) is 0 Å². The van der Waals surface area contributed by atoms with Crippen molar-refractivity contribution in [1.29, 1.82) is 0 Å². The van der Waals surface area contributed by atoms with Crippen molar-refractivity contribution in [3.05, 3.63) is 0 Å². The van der Waals surface area contributed by atoms with Gasteiger partial charge >= 0.3 is 0 Å². The Morgan fingerprint density at radius 2 is 1.86 bits per heavy atom. The van der Waals surface area contributed by atoms with Gasteiger partial charge in [0.25, 0.3) is 0 Å². The van der Waals surface area contributed by atoms with Crippen molar-refractivity contribution in [2.24, 2.45) is 0 Å². The van der Waals surface area contributed by atoms with Gasteiger partial charge in [0.1, 0.15) is 42.0 Å². The van der Waals surface area contributed by atoms with Crippen LogP contribution >= 0.6 is 0 Å². The van der Waals surface area contributed by atoms with E-state index in [0.717, 1.165) is 0 Å². The molecule has 12 heteroatoms. The minimum Gasteiger partial charge on any atom is -0.726 e. The van der Waals surface area contributed by atoms with E-state index < -0.39 is 70.0 Å². The Hall–Kier alpha value is -0.0200. The molecule has 0 aromatic carbocycles. The minimum atomic E-state index is -5.12. The molecule has 5 N–H and O–H groups in total. The van der Waals surface area contributed by atoms with Gasteiger partial charge < -0.3 is 34.8 Å². The van der Waals surface area contributed by atoms with E-state index in [9.17, 15) is 38.5 Å². The summed E-state index contributed by atoms with van der Waals surface area (Å²) < 4.78 is 41.3. The fraction of sp³-hybridized carbons (Fsp3) is 1.00. The lowest BCUT2D eigenvalue weighted by atomic mass is 10.2. The minimum absolute atomic E-state index is 0.00759. The van der Waals surface area contributed by atoms with Gasteiger partial charge in [-0.25, -0.2) is 8.42 Å². The molecule has 2 aliphatic rings. The zero-order chi connectivity index (χ0) is 16.7. The third-order valence-corrected chi connectivity index (χ3v) is 6.95. The predicted molar refractivity (Wildman–Crippen MR) is 71.4 cm³/mol. The molecule has 0 radical (unpaired) electrons. The highest BCUT2D eigenvalue weighted by molar-refractivity contribution is 7.97. The van der Waals surface area contributed by atoms with Crippen molar-refractivity contribution in [1.82, 2.24) is 0 Å². The summed E-state index contributed by atoms with van der Waals surface area (Å²) >= 11 is 0. The SMILES string of the molecule is O=S(=O)([O-])O[C@H]1[C@H](O)C(O)O[C@@H]1C[S+]1C[C@@H](O)[C@H](O)[C@H]1CO. The summed E-state index contributed by atoms with van der Waals surface area (Å²) in [5.41, 5.74) is 0. The first-order chi connectivity index (χ1) is 10.1. The van der Waals surface area contributed by atoms with Gasteiger partial charge in [0, 0.05) is 10.9 Å². The van der Waals surface area contributed by atoms with E-state index in [2.05, 4.69) is 4.18 Å². The van der Waals surface area contributed by atoms with Gasteiger partial charge in [-0.3, -0.25) is 4.18 Å². The summed E-state index contributed by atoms with van der Waals surface area (Å²) in [6, 6.07) is 0. The Kier molecular flexibility index (Phi) is 5.70. The highest BCUT2D eigenvalue weighted by Gasteiger charge is 2.54. The predicted octanol–water partition coefficient (Wildman–Crippen LogP) is -4.38. The maximum Gasteiger partial charge on any atom is 0.218 e. The molecule has 0 aromatic heterocycles. The molecule has 22 heavy (non-hydrogen) atoms. The van der Waals surface area contributed by atoms with Crippen LogP contribution in [0, 0.1) is 0 Å². The Morgan fingerprint density at radius 1 is 1.23 bits per heavy atom. The molecule has 130 valence electrons. The summed E-state index contributed by atoms with van der Waals surface area (Å²) in [5, 5.41) is 47.1. The van der Waals surface area contributed by atoms with Crippen LogP contribution in [-0.2, 0) is 30.2 Å². The molecule has 2 aliphatic heterocycles. The zero-order valence-corrected chi connectivity index (χ0v) is 12.9. The molecule has 2 fully saturated rings. The van der Waals surface area contributed by atoms with Gasteiger partial charge in [-0.2, -0.15) is 0 Å². The van der Waals surface area contributed by atoms with Gasteiger partial charge in [0.15, 0.2) is 11.5 Å². The number of aliphatic hydroxyl groups is 5. The van der Waals surface area contributed by atoms with Crippen LogP contribution in [0.15, 0.2) is 0 Å². The molecule has 0 bridgehead atoms. The lowest BCUT2D eigenvalue weighted by Gasteiger charge is -2.21. The Bertz CT molecular complexity index is 484. The van der Waals surface area contributed by atoms with E-state index in [1.165, 1.54) is 0 Å². The first kappa shape index (κ1) is 18.3. The first-order valence-electron chi connectivity index (χ1n) is 6.43. The average Bonchev–Trinajstić information content (AvgIpc) is 2.80. The zero-order valence-electron chi connectivity index (χ0n) is 11.3. The standard InChI is InChI=1S/C10H18O10S2/c11-1-6-7(13)4(12)2-21(6)3-5-9(20-22(16,17)18)8(14)10(15)19-5/h4-15H,1-3H2/t4-,5-,6-,7+,8+,9-,10?,21?/m1/s1. The molecule has 0 spiro atoms. The summed E-state index contributed by atoms with van der Waals surface area (Å²) in [6.07, 6.45) is -8.32. The fourth-order valence-electron chi connectivity index (χ4n) is 2.61. The second-order valence-corrected chi connectivity index (χ2v) is 8.53. The lowest BCUT2D eigenvalue weighted by molar-refractivity contribution is -0.123. The van der Waals surface area contributed by atoms with Crippen molar-refractivity contribution in [3.8, 4) is 0 Å². The van der Waals surface area contributed by atoms with Crippen LogP contribution in [0.3, 0.4) is 0 Å². The van der Waals surface area contributed by atoms with Crippen molar-refractivity contribution >= 4 is 21.3 Å². The Balaban J connectivity index is 2.10. The van der Waals surface area contributed by atoms with Crippen LogP contribution in [0.1, 0.15) is 0 Å². The molecule has 2 rings (SSSR count). The van der Waals surface area contributed by atoms with E-state index in [0.29, 0.717) is 0 Å². The molecule has 0 saturated carbocycles. The van der Waals surface area contributed by atoms with Crippen LogP contribution in [0.5, 0.6) is 0 Å². The summed E-state index contributed by atoms with van der Waals surface area (Å²) in [5.74, 6) is 0.156. The average molecular weight is 362 g/mol. The van der Waals surface area contributed by atoms with Crippen LogP contribution < -0.4 is 0 Å². The van der Waals surface area contributed by atoms with Crippen LogP contribution in [-0.4, -0.2) is 98.7 Å². The van der Waals surface area contributed by atoms with Crippen LogP contribution in [0.4, 0.5) is 0 Å². The summed E-state index contributed by atoms with van der Waals surface area (Å²) in [7, 11) is -5.89. The highest BCUT2D eigenvalue weighted by Crippen LogP contribution is 2.30. The van der Waals surface area contributed by atoms with Crippen LogP contribution in [0.25, 0.3) is 0 Å². The molecule has 0 aromatic rings. The van der Waals surface area contributed by atoms with E-state index in [-0.39, 0.29) is 11.5 Å². The highest BCUT2D eigenvalue weighted by atomic mass is 32.3. The van der Waals surface area contributed by atoms with Gasteiger partial charge in [-0.1, -0.05) is 0 Å².